The monoisotopic (exact) mass is 389 g/mol. The number of amides is 1. The predicted octanol–water partition coefficient (Wildman–Crippen LogP) is 4.34. The predicted molar refractivity (Wildman–Crippen MR) is 113 cm³/mol. The Morgan fingerprint density at radius 1 is 1.07 bits per heavy atom. The standard InChI is InChI=1S/C22H23N5O2/c1-14-5-7-18(15(2)9-14)19-11-21(27(4)25-19)24-22(28)29-13-16-6-8-20-17(10-16)12-23-26(20)3/h5-12H,13H2,1-4H3,(H,24,28). The first-order valence-corrected chi connectivity index (χ1v) is 9.37. The minimum absolute atomic E-state index is 0.179. The molecule has 0 atom stereocenters. The van der Waals surface area contributed by atoms with Gasteiger partial charge in [-0.15, -0.1) is 0 Å². The molecule has 4 rings (SSSR count). The molecule has 29 heavy (non-hydrogen) atoms. The Hall–Kier alpha value is -3.61. The third-order valence-corrected chi connectivity index (χ3v) is 4.95. The highest BCUT2D eigenvalue weighted by atomic mass is 16.5. The van der Waals surface area contributed by atoms with Gasteiger partial charge in [0.25, 0.3) is 0 Å². The molecule has 1 amide bonds. The van der Waals surface area contributed by atoms with Gasteiger partial charge in [0.05, 0.1) is 17.4 Å². The molecular formula is C22H23N5O2. The highest BCUT2D eigenvalue weighted by molar-refractivity contribution is 5.85. The largest absolute Gasteiger partial charge is 0.444 e. The van der Waals surface area contributed by atoms with Gasteiger partial charge < -0.3 is 4.74 Å². The van der Waals surface area contributed by atoms with E-state index in [2.05, 4.69) is 41.5 Å². The maximum atomic E-state index is 12.3. The Balaban J connectivity index is 1.43. The number of nitrogens with zero attached hydrogens (tertiary/aromatic N) is 4. The normalized spacial score (nSPS) is 11.0. The summed E-state index contributed by atoms with van der Waals surface area (Å²) in [4.78, 5) is 12.3. The number of carbonyl (C=O) groups is 1. The molecule has 0 saturated heterocycles. The van der Waals surface area contributed by atoms with E-state index >= 15 is 0 Å². The van der Waals surface area contributed by atoms with Crippen molar-refractivity contribution >= 4 is 22.8 Å². The summed E-state index contributed by atoms with van der Waals surface area (Å²) in [6, 6.07) is 13.9. The molecule has 2 heterocycles. The van der Waals surface area contributed by atoms with Crippen LogP contribution in [0.25, 0.3) is 22.2 Å². The Kier molecular flexibility index (Phi) is 4.80. The van der Waals surface area contributed by atoms with Gasteiger partial charge in [0.15, 0.2) is 0 Å². The SMILES string of the molecule is Cc1ccc(-c2cc(NC(=O)OCc3ccc4c(cnn4C)c3)n(C)n2)c(C)c1. The van der Waals surface area contributed by atoms with Crippen LogP contribution in [-0.4, -0.2) is 25.7 Å². The minimum Gasteiger partial charge on any atom is -0.444 e. The molecule has 0 aliphatic heterocycles. The number of aromatic nitrogens is 4. The van der Waals surface area contributed by atoms with Crippen LogP contribution in [0.1, 0.15) is 16.7 Å². The molecule has 0 fully saturated rings. The van der Waals surface area contributed by atoms with Crippen LogP contribution in [0.2, 0.25) is 0 Å². The van der Waals surface area contributed by atoms with E-state index < -0.39 is 6.09 Å². The van der Waals surface area contributed by atoms with Gasteiger partial charge in [-0.25, -0.2) is 4.79 Å². The van der Waals surface area contributed by atoms with Crippen LogP contribution in [-0.2, 0) is 25.4 Å². The number of benzene rings is 2. The number of aryl methyl sites for hydroxylation is 4. The van der Waals surface area contributed by atoms with Crippen LogP contribution in [0.4, 0.5) is 10.6 Å². The highest BCUT2D eigenvalue weighted by Crippen LogP contribution is 2.25. The van der Waals surface area contributed by atoms with Gasteiger partial charge in [0.1, 0.15) is 12.4 Å². The average molecular weight is 389 g/mol. The van der Waals surface area contributed by atoms with Gasteiger partial charge >= 0.3 is 6.09 Å². The lowest BCUT2D eigenvalue weighted by molar-refractivity contribution is 0.155. The van der Waals surface area contributed by atoms with Gasteiger partial charge in [0, 0.05) is 31.1 Å². The second kappa shape index (κ2) is 7.43. The molecule has 0 aliphatic rings. The van der Waals surface area contributed by atoms with Gasteiger partial charge in [-0.3, -0.25) is 14.7 Å². The molecule has 0 unspecified atom stereocenters. The van der Waals surface area contributed by atoms with Crippen LogP contribution in [0, 0.1) is 13.8 Å². The van der Waals surface area contributed by atoms with Crippen molar-refractivity contribution in [2.24, 2.45) is 14.1 Å². The van der Waals surface area contributed by atoms with Crippen molar-refractivity contribution < 1.29 is 9.53 Å². The maximum Gasteiger partial charge on any atom is 0.413 e. The summed E-state index contributed by atoms with van der Waals surface area (Å²) in [7, 11) is 3.69. The molecule has 0 aliphatic carbocycles. The zero-order valence-corrected chi connectivity index (χ0v) is 16.9. The zero-order chi connectivity index (χ0) is 20.5. The van der Waals surface area contributed by atoms with E-state index in [0.717, 1.165) is 33.3 Å². The lowest BCUT2D eigenvalue weighted by Crippen LogP contribution is -2.15. The Labute approximate surface area is 168 Å². The fourth-order valence-corrected chi connectivity index (χ4v) is 3.41. The first kappa shape index (κ1) is 18.7. The molecule has 148 valence electrons. The Morgan fingerprint density at radius 3 is 2.69 bits per heavy atom. The average Bonchev–Trinajstić information content (AvgIpc) is 3.23. The third kappa shape index (κ3) is 3.85. The van der Waals surface area contributed by atoms with E-state index in [-0.39, 0.29) is 6.61 Å². The number of hydrogen-bond donors (Lipinski definition) is 1. The summed E-state index contributed by atoms with van der Waals surface area (Å²) in [5.74, 6) is 0.577. The summed E-state index contributed by atoms with van der Waals surface area (Å²) < 4.78 is 8.82. The molecule has 0 radical (unpaired) electrons. The van der Waals surface area contributed by atoms with Crippen molar-refractivity contribution in [2.45, 2.75) is 20.5 Å². The topological polar surface area (TPSA) is 74.0 Å². The number of nitrogens with one attached hydrogen (secondary N) is 1. The van der Waals surface area contributed by atoms with Gasteiger partial charge in [-0.1, -0.05) is 29.8 Å². The Bertz CT molecular complexity index is 1210. The maximum absolute atomic E-state index is 12.3. The lowest BCUT2D eigenvalue weighted by Gasteiger charge is -2.07. The second-order valence-electron chi connectivity index (χ2n) is 7.22. The number of carbonyl (C=O) groups excluding carboxylic acids is 1. The van der Waals surface area contributed by atoms with E-state index in [4.69, 9.17) is 4.74 Å². The van der Waals surface area contributed by atoms with Gasteiger partial charge in [-0.05, 0) is 37.1 Å². The van der Waals surface area contributed by atoms with Crippen molar-refractivity contribution in [1.29, 1.82) is 0 Å². The van der Waals surface area contributed by atoms with E-state index in [1.54, 1.807) is 17.9 Å². The molecule has 2 aromatic heterocycles. The number of rotatable bonds is 4. The lowest BCUT2D eigenvalue weighted by atomic mass is 10.0. The third-order valence-electron chi connectivity index (χ3n) is 4.95. The molecule has 0 spiro atoms. The van der Waals surface area contributed by atoms with Crippen molar-refractivity contribution in [3.05, 3.63) is 65.4 Å². The van der Waals surface area contributed by atoms with Crippen molar-refractivity contribution in [3.63, 3.8) is 0 Å². The molecule has 2 aromatic carbocycles. The van der Waals surface area contributed by atoms with Gasteiger partial charge in [-0.2, -0.15) is 10.2 Å². The highest BCUT2D eigenvalue weighted by Gasteiger charge is 2.13. The molecule has 1 N–H and O–H groups in total. The quantitative estimate of drug-likeness (QED) is 0.563. The Morgan fingerprint density at radius 2 is 1.90 bits per heavy atom. The minimum atomic E-state index is -0.522. The van der Waals surface area contributed by atoms with E-state index in [1.165, 1.54) is 5.56 Å². The van der Waals surface area contributed by atoms with Crippen molar-refractivity contribution in [2.75, 3.05) is 5.32 Å². The van der Waals surface area contributed by atoms with Crippen LogP contribution in [0.15, 0.2) is 48.7 Å². The smallest absolute Gasteiger partial charge is 0.413 e. The van der Waals surface area contributed by atoms with Crippen LogP contribution < -0.4 is 5.32 Å². The van der Waals surface area contributed by atoms with E-state index in [9.17, 15) is 4.79 Å². The summed E-state index contributed by atoms with van der Waals surface area (Å²) in [5, 5.41) is 12.5. The number of fused-ring (bicyclic) bond motifs is 1. The fourth-order valence-electron chi connectivity index (χ4n) is 3.41. The van der Waals surface area contributed by atoms with Crippen LogP contribution in [0.3, 0.4) is 0 Å². The first-order valence-electron chi connectivity index (χ1n) is 9.37. The molecule has 7 heteroatoms. The summed E-state index contributed by atoms with van der Waals surface area (Å²) >= 11 is 0. The number of hydrogen-bond acceptors (Lipinski definition) is 4. The van der Waals surface area contributed by atoms with E-state index in [1.807, 2.05) is 42.1 Å². The molecule has 0 bridgehead atoms. The first-order chi connectivity index (χ1) is 13.9. The fraction of sp³-hybridized carbons (Fsp3) is 0.227. The van der Waals surface area contributed by atoms with Crippen LogP contribution in [0.5, 0.6) is 0 Å². The van der Waals surface area contributed by atoms with Crippen molar-refractivity contribution in [3.8, 4) is 11.3 Å². The summed E-state index contributed by atoms with van der Waals surface area (Å²) in [5.41, 5.74) is 6.13. The van der Waals surface area contributed by atoms with E-state index in [0.29, 0.717) is 5.82 Å². The zero-order valence-electron chi connectivity index (χ0n) is 16.9. The molecule has 7 nitrogen and oxygen atoms in total. The van der Waals surface area contributed by atoms with Crippen molar-refractivity contribution in [1.82, 2.24) is 19.6 Å². The molecule has 4 aromatic rings. The molecular weight excluding hydrogens is 366 g/mol. The number of ether oxygens (including phenoxy) is 1. The van der Waals surface area contributed by atoms with Gasteiger partial charge in [0.2, 0.25) is 0 Å². The second-order valence-corrected chi connectivity index (χ2v) is 7.22. The molecule has 0 saturated carbocycles. The summed E-state index contributed by atoms with van der Waals surface area (Å²) in [6.45, 7) is 4.29. The summed E-state index contributed by atoms with van der Waals surface area (Å²) in [6.07, 6.45) is 1.27. The van der Waals surface area contributed by atoms with Crippen LogP contribution >= 0.6 is 0 Å². The number of anilines is 1.